The molecule has 7 heteroatoms. The van der Waals surface area contributed by atoms with E-state index in [9.17, 15) is 4.79 Å². The summed E-state index contributed by atoms with van der Waals surface area (Å²) in [7, 11) is 0. The lowest BCUT2D eigenvalue weighted by molar-refractivity contribution is 0.0697. The molecule has 1 aromatic carbocycles. The van der Waals surface area contributed by atoms with Crippen molar-refractivity contribution >= 4 is 23.6 Å². The van der Waals surface area contributed by atoms with Crippen LogP contribution in [0.25, 0.3) is 0 Å². The summed E-state index contributed by atoms with van der Waals surface area (Å²) in [6, 6.07) is 6.16. The van der Waals surface area contributed by atoms with E-state index in [1.54, 1.807) is 12.1 Å². The second-order valence-electron chi connectivity index (χ2n) is 2.97. The van der Waals surface area contributed by atoms with Crippen molar-refractivity contribution in [2.75, 3.05) is 11.1 Å². The highest BCUT2D eigenvalue weighted by atomic mass is 16.5. The van der Waals surface area contributed by atoms with Gasteiger partial charge in [-0.05, 0) is 23.4 Å². The molecule has 0 radical (unpaired) electrons. The minimum Gasteiger partial charge on any atom is -0.478 e. The minimum atomic E-state index is -1.00. The van der Waals surface area contributed by atoms with Gasteiger partial charge >= 0.3 is 12.0 Å². The Morgan fingerprint density at radius 3 is 2.94 bits per heavy atom. The van der Waals surface area contributed by atoms with Crippen LogP contribution < -0.4 is 11.1 Å². The molecule has 0 bridgehead atoms. The molecule has 0 saturated carbocycles. The van der Waals surface area contributed by atoms with Crippen molar-refractivity contribution in [1.82, 2.24) is 10.1 Å². The molecule has 0 aliphatic heterocycles. The molecule has 82 valence electrons. The first-order valence-electron chi connectivity index (χ1n) is 4.35. The maximum absolute atomic E-state index is 10.7. The molecule has 16 heavy (non-hydrogen) atoms. The topological polar surface area (TPSA) is 114 Å². The summed E-state index contributed by atoms with van der Waals surface area (Å²) in [6.45, 7) is 0. The zero-order valence-electron chi connectivity index (χ0n) is 8.04. The average molecular weight is 220 g/mol. The molecule has 0 fully saturated rings. The molecule has 0 atom stereocenters. The molecule has 7 nitrogen and oxygen atoms in total. The van der Waals surface area contributed by atoms with E-state index in [-0.39, 0.29) is 17.5 Å². The smallest absolute Gasteiger partial charge is 0.335 e. The normalized spacial score (nSPS) is 10.0. The van der Waals surface area contributed by atoms with Crippen LogP contribution in [0.15, 0.2) is 28.8 Å². The first kappa shape index (κ1) is 9.97. The zero-order valence-corrected chi connectivity index (χ0v) is 8.04. The molecule has 2 aromatic rings. The Balaban J connectivity index is 2.21. The fourth-order valence-corrected chi connectivity index (χ4v) is 1.15. The molecule has 0 saturated heterocycles. The summed E-state index contributed by atoms with van der Waals surface area (Å²) >= 11 is 0. The highest BCUT2D eigenvalue weighted by Gasteiger charge is 2.06. The Bertz CT molecular complexity index is 523. The summed E-state index contributed by atoms with van der Waals surface area (Å²) in [5, 5.41) is 15.1. The summed E-state index contributed by atoms with van der Waals surface area (Å²) in [6.07, 6.45) is 0. The van der Waals surface area contributed by atoms with Crippen LogP contribution in [0.3, 0.4) is 0 Å². The third-order valence-corrected chi connectivity index (χ3v) is 1.81. The Labute approximate surface area is 89.9 Å². The van der Waals surface area contributed by atoms with E-state index in [0.29, 0.717) is 5.69 Å². The third-order valence-electron chi connectivity index (χ3n) is 1.81. The molecule has 0 spiro atoms. The molecule has 0 aliphatic carbocycles. The Morgan fingerprint density at radius 2 is 2.31 bits per heavy atom. The van der Waals surface area contributed by atoms with Crippen LogP contribution in [0.5, 0.6) is 0 Å². The predicted octanol–water partition coefficient (Wildman–Crippen LogP) is 1.09. The number of anilines is 3. The van der Waals surface area contributed by atoms with E-state index in [1.807, 2.05) is 0 Å². The van der Waals surface area contributed by atoms with Gasteiger partial charge in [-0.3, -0.25) is 0 Å². The second-order valence-corrected chi connectivity index (χ2v) is 2.97. The van der Waals surface area contributed by atoms with Gasteiger partial charge in [0.2, 0.25) is 0 Å². The predicted molar refractivity (Wildman–Crippen MR) is 55.4 cm³/mol. The van der Waals surface area contributed by atoms with Crippen molar-refractivity contribution < 1.29 is 14.4 Å². The van der Waals surface area contributed by atoms with Crippen LogP contribution in [-0.4, -0.2) is 21.2 Å². The molecule has 1 heterocycles. The molecule has 4 N–H and O–H groups in total. The van der Waals surface area contributed by atoms with Crippen LogP contribution in [0.1, 0.15) is 10.4 Å². The van der Waals surface area contributed by atoms with E-state index < -0.39 is 5.97 Å². The number of carbonyl (C=O) groups is 1. The number of nitrogens with two attached hydrogens (primary N) is 1. The Morgan fingerprint density at radius 1 is 1.50 bits per heavy atom. The second kappa shape index (κ2) is 3.89. The fraction of sp³-hybridized carbons (Fsp3) is 0. The van der Waals surface area contributed by atoms with Gasteiger partial charge in [-0.2, -0.15) is 4.98 Å². The van der Waals surface area contributed by atoms with Crippen molar-refractivity contribution in [1.29, 1.82) is 0 Å². The number of nitrogens with one attached hydrogen (secondary N) is 1. The van der Waals surface area contributed by atoms with Crippen LogP contribution in [0.2, 0.25) is 0 Å². The van der Waals surface area contributed by atoms with Gasteiger partial charge < -0.3 is 20.7 Å². The lowest BCUT2D eigenvalue weighted by Crippen LogP contribution is -1.98. The van der Waals surface area contributed by atoms with Crippen LogP contribution in [-0.2, 0) is 0 Å². The number of nitrogen functional groups attached to an aromatic ring is 1. The number of hydrogen-bond acceptors (Lipinski definition) is 6. The maximum Gasteiger partial charge on any atom is 0.335 e. The van der Waals surface area contributed by atoms with Gasteiger partial charge in [-0.1, -0.05) is 6.07 Å². The molecule has 2 rings (SSSR count). The summed E-state index contributed by atoms with van der Waals surface area (Å²) in [5.41, 5.74) is 5.95. The van der Waals surface area contributed by atoms with Crippen LogP contribution >= 0.6 is 0 Å². The fourth-order valence-electron chi connectivity index (χ4n) is 1.15. The molecule has 0 unspecified atom stereocenters. The number of carboxylic acids is 1. The van der Waals surface area contributed by atoms with Crippen LogP contribution in [0, 0.1) is 0 Å². The number of aromatic nitrogens is 2. The van der Waals surface area contributed by atoms with Gasteiger partial charge in [0.25, 0.3) is 5.95 Å². The number of nitrogens with zero attached hydrogens (tertiary/aromatic N) is 2. The largest absolute Gasteiger partial charge is 0.478 e. The molecule has 0 aliphatic rings. The van der Waals surface area contributed by atoms with Gasteiger partial charge in [-0.25, -0.2) is 4.79 Å². The number of hydrogen-bond donors (Lipinski definition) is 3. The number of aromatic carboxylic acids is 1. The molecule has 1 aromatic heterocycles. The van der Waals surface area contributed by atoms with Crippen molar-refractivity contribution in [2.45, 2.75) is 0 Å². The lowest BCUT2D eigenvalue weighted by Gasteiger charge is -2.01. The first-order chi connectivity index (χ1) is 7.65. The molecular weight excluding hydrogens is 212 g/mol. The van der Waals surface area contributed by atoms with E-state index in [4.69, 9.17) is 10.8 Å². The van der Waals surface area contributed by atoms with Gasteiger partial charge in [0.15, 0.2) is 0 Å². The summed E-state index contributed by atoms with van der Waals surface area (Å²) in [5.74, 6) is -0.823. The SMILES string of the molecule is Nc1nc(Nc2cccc(C(=O)O)c2)no1. The first-order valence-corrected chi connectivity index (χ1v) is 4.35. The standard InChI is InChI=1S/C9H8N4O3/c10-8-12-9(13-16-8)11-6-3-1-2-5(4-6)7(14)15/h1-4H,(H,14,15)(H3,10,11,12,13). The van der Waals surface area contributed by atoms with Crippen molar-refractivity contribution in [2.24, 2.45) is 0 Å². The van der Waals surface area contributed by atoms with Gasteiger partial charge in [-0.15, -0.1) is 0 Å². The molecule has 0 amide bonds. The van der Waals surface area contributed by atoms with Crippen LogP contribution in [0.4, 0.5) is 17.7 Å². The zero-order chi connectivity index (χ0) is 11.5. The highest BCUT2D eigenvalue weighted by Crippen LogP contribution is 2.15. The lowest BCUT2D eigenvalue weighted by atomic mass is 10.2. The van der Waals surface area contributed by atoms with Crippen molar-refractivity contribution in [3.63, 3.8) is 0 Å². The highest BCUT2D eigenvalue weighted by molar-refractivity contribution is 5.88. The van der Waals surface area contributed by atoms with Crippen molar-refractivity contribution in [3.8, 4) is 0 Å². The third kappa shape index (κ3) is 2.08. The van der Waals surface area contributed by atoms with Gasteiger partial charge in [0.1, 0.15) is 0 Å². The Hall–Kier alpha value is -2.57. The summed E-state index contributed by atoms with van der Waals surface area (Å²) in [4.78, 5) is 14.4. The summed E-state index contributed by atoms with van der Waals surface area (Å²) < 4.78 is 4.55. The van der Waals surface area contributed by atoms with Crippen molar-refractivity contribution in [3.05, 3.63) is 29.8 Å². The van der Waals surface area contributed by atoms with Gasteiger partial charge in [0, 0.05) is 5.69 Å². The van der Waals surface area contributed by atoms with E-state index in [1.165, 1.54) is 12.1 Å². The quantitative estimate of drug-likeness (QED) is 0.709. The molecular formula is C9H8N4O3. The van der Waals surface area contributed by atoms with Gasteiger partial charge in [0.05, 0.1) is 5.56 Å². The minimum absolute atomic E-state index is 0.0584. The number of benzene rings is 1. The van der Waals surface area contributed by atoms with E-state index in [0.717, 1.165) is 0 Å². The van der Waals surface area contributed by atoms with E-state index >= 15 is 0 Å². The maximum atomic E-state index is 10.7. The average Bonchev–Trinajstić information content (AvgIpc) is 2.64. The van der Waals surface area contributed by atoms with E-state index in [2.05, 4.69) is 20.0 Å². The number of carboxylic acid groups (broad SMARTS) is 1. The Kier molecular flexibility index (Phi) is 2.42. The number of rotatable bonds is 3. The monoisotopic (exact) mass is 220 g/mol.